The van der Waals surface area contributed by atoms with E-state index in [0.29, 0.717) is 27.7 Å². The van der Waals surface area contributed by atoms with Crippen LogP contribution in [-0.2, 0) is 5.75 Å². The normalized spacial score (nSPS) is 10.5. The minimum Gasteiger partial charge on any atom is -0.383 e. The van der Waals surface area contributed by atoms with Gasteiger partial charge in [0.1, 0.15) is 16.6 Å². The fraction of sp³-hybridized carbons (Fsp3) is 0.143. The molecule has 0 fully saturated rings. The van der Waals surface area contributed by atoms with E-state index in [9.17, 15) is 0 Å². The van der Waals surface area contributed by atoms with Crippen LogP contribution in [0.15, 0.2) is 11.2 Å². The maximum absolute atomic E-state index is 5.54. The van der Waals surface area contributed by atoms with E-state index < -0.39 is 0 Å². The highest BCUT2D eigenvalue weighted by Crippen LogP contribution is 2.23. The van der Waals surface area contributed by atoms with Gasteiger partial charge >= 0.3 is 0 Å². The molecule has 16 heavy (non-hydrogen) atoms. The molecule has 0 bridgehead atoms. The Morgan fingerprint density at radius 2 is 1.81 bits per heavy atom. The number of rotatable bonds is 3. The zero-order valence-electron chi connectivity index (χ0n) is 8.12. The number of nitrogen functional groups attached to an aromatic ring is 3. The van der Waals surface area contributed by atoms with Gasteiger partial charge in [0.15, 0.2) is 5.16 Å². The second-order valence-electron chi connectivity index (χ2n) is 2.82. The zero-order chi connectivity index (χ0) is 11.5. The third-order valence-corrected chi connectivity index (χ3v) is 3.35. The number of hydrogen-bond donors (Lipinski definition) is 3. The van der Waals surface area contributed by atoms with Crippen LogP contribution in [0.2, 0.25) is 0 Å². The van der Waals surface area contributed by atoms with E-state index in [1.807, 2.05) is 0 Å². The third kappa shape index (κ3) is 2.70. The molecule has 0 aliphatic carbocycles. The second-order valence-corrected chi connectivity index (χ2v) is 4.86. The molecule has 9 heteroatoms. The van der Waals surface area contributed by atoms with Crippen LogP contribution in [0.4, 0.5) is 16.8 Å². The lowest BCUT2D eigenvalue weighted by Gasteiger charge is -2.00. The lowest BCUT2D eigenvalue weighted by atomic mass is 10.5. The van der Waals surface area contributed by atoms with E-state index in [1.165, 1.54) is 29.2 Å². The Labute approximate surface area is 99.5 Å². The van der Waals surface area contributed by atoms with Gasteiger partial charge in [-0.15, -0.1) is 10.2 Å². The van der Waals surface area contributed by atoms with Gasteiger partial charge in [0.05, 0.1) is 5.75 Å². The molecule has 0 aliphatic heterocycles. The van der Waals surface area contributed by atoms with E-state index in [4.69, 9.17) is 17.2 Å². The Morgan fingerprint density at radius 3 is 2.38 bits per heavy atom. The molecule has 2 heterocycles. The van der Waals surface area contributed by atoms with Crippen LogP contribution in [0.1, 0.15) is 5.01 Å². The molecule has 0 unspecified atom stereocenters. The summed E-state index contributed by atoms with van der Waals surface area (Å²) in [6, 6.07) is 1.51. The summed E-state index contributed by atoms with van der Waals surface area (Å²) in [5.74, 6) is 1.30. The van der Waals surface area contributed by atoms with Gasteiger partial charge in [0, 0.05) is 6.07 Å². The summed E-state index contributed by atoms with van der Waals surface area (Å²) in [7, 11) is 0. The summed E-state index contributed by atoms with van der Waals surface area (Å²) >= 11 is 2.72. The molecule has 0 saturated heterocycles. The molecule has 84 valence electrons. The molecule has 0 amide bonds. The molecule has 2 aromatic rings. The number of thioether (sulfide) groups is 1. The SMILES string of the molecule is Nc1cc(N)nc(SCc2nnc(N)s2)n1. The maximum atomic E-state index is 5.54. The van der Waals surface area contributed by atoms with E-state index in [1.54, 1.807) is 0 Å². The van der Waals surface area contributed by atoms with Gasteiger partial charge < -0.3 is 17.2 Å². The smallest absolute Gasteiger partial charge is 0.203 e. The highest BCUT2D eigenvalue weighted by molar-refractivity contribution is 7.98. The standard InChI is InChI=1S/C7H9N7S2/c8-3-1-4(9)12-7(11-3)15-2-5-13-14-6(10)16-5/h1H,2H2,(H2,10,14)(H4,8,9,11,12). The first kappa shape index (κ1) is 10.9. The monoisotopic (exact) mass is 255 g/mol. The van der Waals surface area contributed by atoms with Crippen molar-refractivity contribution in [3.05, 3.63) is 11.1 Å². The molecule has 0 aromatic carbocycles. The third-order valence-electron chi connectivity index (χ3n) is 1.55. The lowest BCUT2D eigenvalue weighted by Crippen LogP contribution is -1.99. The molecule has 0 atom stereocenters. The van der Waals surface area contributed by atoms with Crippen molar-refractivity contribution in [2.45, 2.75) is 10.9 Å². The molecular weight excluding hydrogens is 246 g/mol. The van der Waals surface area contributed by atoms with Crippen molar-refractivity contribution >= 4 is 39.9 Å². The van der Waals surface area contributed by atoms with Crippen molar-refractivity contribution in [2.24, 2.45) is 0 Å². The van der Waals surface area contributed by atoms with Crippen LogP contribution in [-0.4, -0.2) is 20.2 Å². The van der Waals surface area contributed by atoms with E-state index >= 15 is 0 Å². The van der Waals surface area contributed by atoms with E-state index in [0.717, 1.165) is 5.01 Å². The van der Waals surface area contributed by atoms with Crippen LogP contribution in [0.3, 0.4) is 0 Å². The Kier molecular flexibility index (Phi) is 3.06. The highest BCUT2D eigenvalue weighted by Gasteiger charge is 2.05. The molecular formula is C7H9N7S2. The van der Waals surface area contributed by atoms with Crippen molar-refractivity contribution in [3.8, 4) is 0 Å². The van der Waals surface area contributed by atoms with Crippen molar-refractivity contribution < 1.29 is 0 Å². The molecule has 6 N–H and O–H groups in total. The van der Waals surface area contributed by atoms with Crippen LogP contribution in [0.5, 0.6) is 0 Å². The maximum Gasteiger partial charge on any atom is 0.203 e. The van der Waals surface area contributed by atoms with E-state index in [-0.39, 0.29) is 0 Å². The molecule has 0 spiro atoms. The summed E-state index contributed by atoms with van der Waals surface area (Å²) in [4.78, 5) is 8.06. The number of hydrogen-bond acceptors (Lipinski definition) is 9. The topological polar surface area (TPSA) is 130 Å². The average Bonchev–Trinajstić information content (AvgIpc) is 2.60. The average molecular weight is 255 g/mol. The molecule has 0 radical (unpaired) electrons. The molecule has 2 rings (SSSR count). The minimum atomic E-state index is 0.353. The first-order valence-corrected chi connectivity index (χ1v) is 6.04. The second kappa shape index (κ2) is 4.49. The summed E-state index contributed by atoms with van der Waals surface area (Å²) in [6.07, 6.45) is 0. The van der Waals surface area contributed by atoms with Gasteiger partial charge in [-0.3, -0.25) is 0 Å². The van der Waals surface area contributed by atoms with E-state index in [2.05, 4.69) is 20.2 Å². The first-order chi connectivity index (χ1) is 7.63. The van der Waals surface area contributed by atoms with Gasteiger partial charge in [-0.05, 0) is 0 Å². The molecule has 0 saturated carbocycles. The molecule has 0 aliphatic rings. The summed E-state index contributed by atoms with van der Waals surface area (Å²) in [5, 5.41) is 9.37. The summed E-state index contributed by atoms with van der Waals surface area (Å²) in [6.45, 7) is 0. The van der Waals surface area contributed by atoms with Crippen molar-refractivity contribution in [3.63, 3.8) is 0 Å². The van der Waals surface area contributed by atoms with Crippen molar-refractivity contribution in [1.29, 1.82) is 0 Å². The van der Waals surface area contributed by atoms with Crippen LogP contribution < -0.4 is 17.2 Å². The highest BCUT2D eigenvalue weighted by atomic mass is 32.2. The fourth-order valence-electron chi connectivity index (χ4n) is 0.978. The fourth-order valence-corrected chi connectivity index (χ4v) is 2.45. The van der Waals surface area contributed by atoms with Crippen molar-refractivity contribution in [1.82, 2.24) is 20.2 Å². The number of nitrogens with zero attached hydrogens (tertiary/aromatic N) is 4. The lowest BCUT2D eigenvalue weighted by molar-refractivity contribution is 0.979. The van der Waals surface area contributed by atoms with Gasteiger partial charge in [-0.1, -0.05) is 23.1 Å². The predicted octanol–water partition coefficient (Wildman–Crippen LogP) is 0.367. The Hall–Kier alpha value is -1.61. The van der Waals surface area contributed by atoms with Gasteiger partial charge in [-0.25, -0.2) is 9.97 Å². The van der Waals surface area contributed by atoms with Crippen LogP contribution in [0.25, 0.3) is 0 Å². The minimum absolute atomic E-state index is 0.353. The number of nitrogens with two attached hydrogens (primary N) is 3. The number of aromatic nitrogens is 4. The van der Waals surface area contributed by atoms with Gasteiger partial charge in [0.2, 0.25) is 5.13 Å². The summed E-state index contributed by atoms with van der Waals surface area (Å²) in [5.41, 5.74) is 16.5. The largest absolute Gasteiger partial charge is 0.383 e. The molecule has 7 nitrogen and oxygen atoms in total. The zero-order valence-corrected chi connectivity index (χ0v) is 9.75. The van der Waals surface area contributed by atoms with Crippen molar-refractivity contribution in [2.75, 3.05) is 17.2 Å². The van der Waals surface area contributed by atoms with Gasteiger partial charge in [0.25, 0.3) is 0 Å². The molecule has 2 aromatic heterocycles. The van der Waals surface area contributed by atoms with Crippen LogP contribution >= 0.6 is 23.1 Å². The predicted molar refractivity (Wildman–Crippen MR) is 64.7 cm³/mol. The Balaban J connectivity index is 2.04. The summed E-state index contributed by atoms with van der Waals surface area (Å²) < 4.78 is 0. The number of anilines is 3. The first-order valence-electron chi connectivity index (χ1n) is 4.24. The van der Waals surface area contributed by atoms with Gasteiger partial charge in [-0.2, -0.15) is 0 Å². The quantitative estimate of drug-likeness (QED) is 0.529. The Bertz CT molecular complexity index is 477. The van der Waals surface area contributed by atoms with Crippen LogP contribution in [0, 0.1) is 0 Å². The Morgan fingerprint density at radius 1 is 1.12 bits per heavy atom.